The first kappa shape index (κ1) is 25.7. The highest BCUT2D eigenvalue weighted by Gasteiger charge is 2.42. The molecular weight excluding hydrogens is 487 g/mol. The molecule has 1 aromatic carbocycles. The first-order valence-electron chi connectivity index (χ1n) is 13.2. The summed E-state index contributed by atoms with van der Waals surface area (Å²) >= 11 is 1.69. The minimum Gasteiger partial charge on any atom is -0.449 e. The summed E-state index contributed by atoms with van der Waals surface area (Å²) in [5.74, 6) is 7.20. The number of ether oxygens (including phenoxy) is 1. The van der Waals surface area contributed by atoms with E-state index in [1.54, 1.807) is 28.4 Å². The largest absolute Gasteiger partial charge is 0.449 e. The van der Waals surface area contributed by atoms with Crippen LogP contribution >= 0.6 is 11.3 Å². The molecule has 1 saturated carbocycles. The minimum atomic E-state index is -1.29. The normalized spacial score (nSPS) is 23.0. The molecule has 2 unspecified atom stereocenters. The standard InChI is InChI=1S/C29H33FN4O2S/c30-29(11-15-34(16-12-29)28(35)36-19-23-9-13-32-14-10-23)20-33-26-17-25(26)27-8-7-24(37-27)6-5-21-1-3-22(18-31)4-2-21/h1-4,7-8,23,25-26,32-33H,9-17,19-20H2. The lowest BCUT2D eigenvalue weighted by atomic mass is 9.93. The van der Waals surface area contributed by atoms with Crippen molar-refractivity contribution in [2.45, 2.75) is 49.7 Å². The number of alkyl halides is 1. The Kier molecular flexibility index (Phi) is 8.10. The Bertz CT molecular complexity index is 1180. The van der Waals surface area contributed by atoms with Crippen LogP contribution in [0.5, 0.6) is 0 Å². The molecule has 3 aliphatic rings. The number of nitriles is 1. The zero-order chi connectivity index (χ0) is 25.7. The molecule has 0 bridgehead atoms. The number of carbonyl (C=O) groups excluding carboxylic acids is 1. The SMILES string of the molecule is N#Cc1ccc(C#Cc2ccc(C3CC3NCC3(F)CCN(C(=O)OCC4CCNCC4)CC3)s2)cc1. The van der Waals surface area contributed by atoms with Gasteiger partial charge in [0, 0.05) is 54.9 Å². The van der Waals surface area contributed by atoms with E-state index in [2.05, 4.69) is 34.6 Å². The number of nitrogens with zero attached hydrogens (tertiary/aromatic N) is 2. The lowest BCUT2D eigenvalue weighted by Gasteiger charge is -2.36. The molecular formula is C29H33FN4O2S. The van der Waals surface area contributed by atoms with Crippen molar-refractivity contribution in [1.82, 2.24) is 15.5 Å². The van der Waals surface area contributed by atoms with Crippen LogP contribution in [-0.4, -0.2) is 62.0 Å². The zero-order valence-corrected chi connectivity index (χ0v) is 21.8. The van der Waals surface area contributed by atoms with Gasteiger partial charge in [0.1, 0.15) is 5.67 Å². The van der Waals surface area contributed by atoms with E-state index in [-0.39, 0.29) is 6.09 Å². The van der Waals surface area contributed by atoms with Gasteiger partial charge in [-0.25, -0.2) is 9.18 Å². The van der Waals surface area contributed by atoms with E-state index in [1.165, 1.54) is 4.88 Å². The number of hydrogen-bond acceptors (Lipinski definition) is 6. The molecule has 0 radical (unpaired) electrons. The number of hydrogen-bond donors (Lipinski definition) is 2. The number of likely N-dealkylation sites (tertiary alicyclic amines) is 1. The molecule has 194 valence electrons. The number of carbonyl (C=O) groups is 1. The third-order valence-corrected chi connectivity index (χ3v) is 8.76. The molecule has 2 saturated heterocycles. The van der Waals surface area contributed by atoms with Gasteiger partial charge >= 0.3 is 6.09 Å². The Labute approximate surface area is 222 Å². The average molecular weight is 521 g/mol. The molecule has 6 nitrogen and oxygen atoms in total. The molecule has 2 atom stereocenters. The second-order valence-electron chi connectivity index (χ2n) is 10.4. The third-order valence-electron chi connectivity index (χ3n) is 7.63. The van der Waals surface area contributed by atoms with Gasteiger partial charge in [-0.2, -0.15) is 5.26 Å². The maximum atomic E-state index is 15.4. The van der Waals surface area contributed by atoms with Gasteiger partial charge in [0.25, 0.3) is 0 Å². The summed E-state index contributed by atoms with van der Waals surface area (Å²) in [5, 5.41) is 15.6. The second-order valence-corrected chi connectivity index (χ2v) is 11.5. The number of nitrogens with one attached hydrogen (secondary N) is 2. The smallest absolute Gasteiger partial charge is 0.409 e. The summed E-state index contributed by atoms with van der Waals surface area (Å²) in [4.78, 5) is 16.4. The van der Waals surface area contributed by atoms with Crippen molar-refractivity contribution in [3.8, 4) is 17.9 Å². The van der Waals surface area contributed by atoms with Gasteiger partial charge in [0.05, 0.1) is 23.1 Å². The summed E-state index contributed by atoms with van der Waals surface area (Å²) in [5.41, 5.74) is 0.225. The molecule has 3 heterocycles. The van der Waals surface area contributed by atoms with E-state index < -0.39 is 5.67 Å². The van der Waals surface area contributed by atoms with Gasteiger partial charge in [-0.15, -0.1) is 11.3 Å². The highest BCUT2D eigenvalue weighted by Crippen LogP contribution is 2.44. The topological polar surface area (TPSA) is 77.4 Å². The van der Waals surface area contributed by atoms with Crippen LogP contribution in [0.2, 0.25) is 0 Å². The van der Waals surface area contributed by atoms with Crippen molar-refractivity contribution < 1.29 is 13.9 Å². The maximum absolute atomic E-state index is 15.4. The van der Waals surface area contributed by atoms with Gasteiger partial charge in [0.2, 0.25) is 0 Å². The van der Waals surface area contributed by atoms with Crippen LogP contribution in [0.3, 0.4) is 0 Å². The first-order chi connectivity index (χ1) is 18.0. The van der Waals surface area contributed by atoms with E-state index >= 15 is 4.39 Å². The Morgan fingerprint density at radius 1 is 1.14 bits per heavy atom. The van der Waals surface area contributed by atoms with Gasteiger partial charge < -0.3 is 20.3 Å². The quantitative estimate of drug-likeness (QED) is 0.552. The van der Waals surface area contributed by atoms with Crippen LogP contribution in [0.4, 0.5) is 9.18 Å². The van der Waals surface area contributed by atoms with E-state index in [0.29, 0.717) is 62.5 Å². The molecule has 2 aliphatic heterocycles. The fourth-order valence-electron chi connectivity index (χ4n) is 5.03. The fourth-order valence-corrected chi connectivity index (χ4v) is 6.07. The fraction of sp³-hybridized carbons (Fsp3) is 0.517. The van der Waals surface area contributed by atoms with Crippen molar-refractivity contribution in [1.29, 1.82) is 5.26 Å². The first-order valence-corrected chi connectivity index (χ1v) is 14.0. The van der Waals surface area contributed by atoms with E-state index in [4.69, 9.17) is 10.00 Å². The van der Waals surface area contributed by atoms with Gasteiger partial charge in [-0.05, 0) is 74.7 Å². The molecule has 2 N–H and O–H groups in total. The Hall–Kier alpha value is -2.91. The Morgan fingerprint density at radius 3 is 2.59 bits per heavy atom. The van der Waals surface area contributed by atoms with Crippen LogP contribution in [0, 0.1) is 29.1 Å². The number of amides is 1. The minimum absolute atomic E-state index is 0.290. The maximum Gasteiger partial charge on any atom is 0.409 e. The van der Waals surface area contributed by atoms with Crippen LogP contribution < -0.4 is 10.6 Å². The van der Waals surface area contributed by atoms with E-state index in [9.17, 15) is 4.79 Å². The summed E-state index contributed by atoms with van der Waals surface area (Å²) in [6.07, 6.45) is 3.46. The third kappa shape index (κ3) is 6.90. The molecule has 3 fully saturated rings. The molecule has 1 aliphatic carbocycles. The van der Waals surface area contributed by atoms with Crippen molar-refractivity contribution in [3.05, 3.63) is 57.3 Å². The van der Waals surface area contributed by atoms with Crippen molar-refractivity contribution in [3.63, 3.8) is 0 Å². The van der Waals surface area contributed by atoms with Crippen LogP contribution in [0.1, 0.15) is 58.9 Å². The van der Waals surface area contributed by atoms with Crippen molar-refractivity contribution in [2.24, 2.45) is 5.92 Å². The van der Waals surface area contributed by atoms with Gasteiger partial charge in [-0.1, -0.05) is 11.8 Å². The van der Waals surface area contributed by atoms with Crippen molar-refractivity contribution >= 4 is 17.4 Å². The monoisotopic (exact) mass is 520 g/mol. The van der Waals surface area contributed by atoms with E-state index in [0.717, 1.165) is 42.8 Å². The summed E-state index contributed by atoms with van der Waals surface area (Å²) in [6, 6.07) is 13.8. The number of benzene rings is 1. The number of halogens is 1. The summed E-state index contributed by atoms with van der Waals surface area (Å²) in [7, 11) is 0. The summed E-state index contributed by atoms with van der Waals surface area (Å²) < 4.78 is 21.0. The van der Waals surface area contributed by atoms with Crippen LogP contribution in [0.25, 0.3) is 0 Å². The van der Waals surface area contributed by atoms with Gasteiger partial charge in [-0.3, -0.25) is 0 Å². The molecule has 0 spiro atoms. The molecule has 2 aromatic rings. The average Bonchev–Trinajstić information content (AvgIpc) is 3.57. The lowest BCUT2D eigenvalue weighted by Crippen LogP contribution is -2.49. The van der Waals surface area contributed by atoms with E-state index in [1.807, 2.05) is 18.2 Å². The number of rotatable bonds is 6. The number of piperidine rings is 2. The highest BCUT2D eigenvalue weighted by atomic mass is 32.1. The zero-order valence-electron chi connectivity index (χ0n) is 21.0. The second kappa shape index (κ2) is 11.6. The van der Waals surface area contributed by atoms with Crippen LogP contribution in [-0.2, 0) is 4.74 Å². The highest BCUT2D eigenvalue weighted by molar-refractivity contribution is 7.12. The predicted molar refractivity (Wildman–Crippen MR) is 142 cm³/mol. The lowest BCUT2D eigenvalue weighted by molar-refractivity contribution is 0.0362. The summed E-state index contributed by atoms with van der Waals surface area (Å²) in [6.45, 7) is 3.56. The molecule has 37 heavy (non-hydrogen) atoms. The number of thiophene rings is 1. The van der Waals surface area contributed by atoms with Crippen LogP contribution in [0.15, 0.2) is 36.4 Å². The van der Waals surface area contributed by atoms with Gasteiger partial charge in [0.15, 0.2) is 0 Å². The molecule has 5 rings (SSSR count). The Balaban J connectivity index is 1.03. The molecule has 1 amide bonds. The Morgan fingerprint density at radius 2 is 1.86 bits per heavy atom. The van der Waals surface area contributed by atoms with Crippen molar-refractivity contribution in [2.75, 3.05) is 39.3 Å². The molecule has 8 heteroatoms. The predicted octanol–water partition coefficient (Wildman–Crippen LogP) is 4.41. The molecule has 1 aromatic heterocycles.